The van der Waals surface area contributed by atoms with Crippen LogP contribution in [0, 0.1) is 29.4 Å². The smallest absolute Gasteiger partial charge is 0.223 e. The lowest BCUT2D eigenvalue weighted by molar-refractivity contribution is -0.124. The van der Waals surface area contributed by atoms with Crippen molar-refractivity contribution in [2.45, 2.75) is 44.8 Å². The maximum Gasteiger partial charge on any atom is 0.223 e. The molecule has 0 spiro atoms. The SMILES string of the molecule is CC(NC(=O)C1C2CCCCC21)C(O)c1ccc(F)c(F)c1. The number of rotatable bonds is 4. The van der Waals surface area contributed by atoms with E-state index in [1.165, 1.54) is 18.9 Å². The molecule has 120 valence electrons. The van der Waals surface area contributed by atoms with Gasteiger partial charge < -0.3 is 10.4 Å². The molecule has 0 aliphatic heterocycles. The van der Waals surface area contributed by atoms with Gasteiger partial charge in [0, 0.05) is 5.92 Å². The lowest BCUT2D eigenvalue weighted by atomic mass is 10.0. The first-order chi connectivity index (χ1) is 10.5. The number of nitrogens with one attached hydrogen (secondary N) is 1. The van der Waals surface area contributed by atoms with E-state index in [0.717, 1.165) is 25.0 Å². The van der Waals surface area contributed by atoms with Gasteiger partial charge in [0.15, 0.2) is 11.6 Å². The summed E-state index contributed by atoms with van der Waals surface area (Å²) in [7, 11) is 0. The largest absolute Gasteiger partial charge is 0.386 e. The average molecular weight is 309 g/mol. The van der Waals surface area contributed by atoms with E-state index in [1.54, 1.807) is 6.92 Å². The first-order valence-electron chi connectivity index (χ1n) is 7.92. The Morgan fingerprint density at radius 2 is 1.86 bits per heavy atom. The molecule has 2 saturated carbocycles. The second-order valence-corrected chi connectivity index (χ2v) is 6.55. The average Bonchev–Trinajstić information content (AvgIpc) is 3.23. The van der Waals surface area contributed by atoms with Gasteiger partial charge in [0.25, 0.3) is 0 Å². The Kier molecular flexibility index (Phi) is 4.17. The number of carbonyl (C=O) groups excluding carboxylic acids is 1. The van der Waals surface area contributed by atoms with Crippen molar-refractivity contribution in [2.75, 3.05) is 0 Å². The van der Waals surface area contributed by atoms with Crippen molar-refractivity contribution in [1.82, 2.24) is 5.32 Å². The van der Waals surface area contributed by atoms with Gasteiger partial charge in [0.2, 0.25) is 5.91 Å². The number of hydrogen-bond acceptors (Lipinski definition) is 2. The summed E-state index contributed by atoms with van der Waals surface area (Å²) in [5.41, 5.74) is 0.264. The quantitative estimate of drug-likeness (QED) is 0.898. The Morgan fingerprint density at radius 3 is 2.45 bits per heavy atom. The molecule has 3 rings (SSSR count). The summed E-state index contributed by atoms with van der Waals surface area (Å²) in [5.74, 6) is -0.895. The van der Waals surface area contributed by atoms with Gasteiger partial charge in [-0.05, 0) is 49.3 Å². The molecule has 0 aromatic heterocycles. The van der Waals surface area contributed by atoms with Crippen molar-refractivity contribution < 1.29 is 18.7 Å². The van der Waals surface area contributed by atoms with Gasteiger partial charge >= 0.3 is 0 Å². The maximum atomic E-state index is 13.2. The first kappa shape index (κ1) is 15.4. The number of fused-ring (bicyclic) bond motifs is 1. The molecule has 2 aliphatic carbocycles. The van der Waals surface area contributed by atoms with Gasteiger partial charge in [-0.25, -0.2) is 8.78 Å². The third-order valence-electron chi connectivity index (χ3n) is 5.09. The molecular weight excluding hydrogens is 288 g/mol. The van der Waals surface area contributed by atoms with Crippen LogP contribution in [0.4, 0.5) is 8.78 Å². The fourth-order valence-corrected chi connectivity index (χ4v) is 3.77. The van der Waals surface area contributed by atoms with Crippen LogP contribution in [0.3, 0.4) is 0 Å². The van der Waals surface area contributed by atoms with Gasteiger partial charge in [-0.1, -0.05) is 18.9 Å². The molecule has 1 aromatic carbocycles. The molecule has 1 aromatic rings. The normalized spacial score (nSPS) is 29.4. The van der Waals surface area contributed by atoms with E-state index < -0.39 is 23.8 Å². The molecule has 4 atom stereocenters. The Bertz CT molecular complexity index is 566. The number of aliphatic hydroxyl groups excluding tert-OH is 1. The molecule has 22 heavy (non-hydrogen) atoms. The van der Waals surface area contributed by atoms with Crippen molar-refractivity contribution >= 4 is 5.91 Å². The molecular formula is C17H21F2NO2. The minimum Gasteiger partial charge on any atom is -0.386 e. The minimum absolute atomic E-state index is 0.0222. The van der Waals surface area contributed by atoms with Crippen LogP contribution in [0.2, 0.25) is 0 Å². The van der Waals surface area contributed by atoms with Gasteiger partial charge in [-0.3, -0.25) is 4.79 Å². The summed E-state index contributed by atoms with van der Waals surface area (Å²) < 4.78 is 26.2. The second-order valence-electron chi connectivity index (χ2n) is 6.55. The minimum atomic E-state index is -1.06. The van der Waals surface area contributed by atoms with E-state index >= 15 is 0 Å². The zero-order valence-electron chi connectivity index (χ0n) is 12.6. The highest BCUT2D eigenvalue weighted by Gasteiger charge is 2.54. The van der Waals surface area contributed by atoms with Gasteiger partial charge in [0.05, 0.1) is 12.1 Å². The van der Waals surface area contributed by atoms with E-state index in [0.29, 0.717) is 11.8 Å². The molecule has 0 saturated heterocycles. The predicted molar refractivity (Wildman–Crippen MR) is 77.9 cm³/mol. The third-order valence-corrected chi connectivity index (χ3v) is 5.09. The monoisotopic (exact) mass is 309 g/mol. The van der Waals surface area contributed by atoms with E-state index in [-0.39, 0.29) is 17.4 Å². The molecule has 3 nitrogen and oxygen atoms in total. The lowest BCUT2D eigenvalue weighted by Crippen LogP contribution is -2.38. The van der Waals surface area contributed by atoms with Crippen LogP contribution in [-0.4, -0.2) is 17.1 Å². The molecule has 0 radical (unpaired) electrons. The Labute approximate surface area is 128 Å². The number of carbonyl (C=O) groups is 1. The molecule has 2 N–H and O–H groups in total. The van der Waals surface area contributed by atoms with E-state index in [9.17, 15) is 18.7 Å². The van der Waals surface area contributed by atoms with Crippen molar-refractivity contribution in [1.29, 1.82) is 0 Å². The Hall–Kier alpha value is -1.49. The van der Waals surface area contributed by atoms with E-state index in [2.05, 4.69) is 5.32 Å². The molecule has 1 amide bonds. The standard InChI is InChI=1S/C17H21F2NO2/c1-9(16(21)10-6-7-13(18)14(19)8-10)20-17(22)15-11-4-2-3-5-12(11)15/h6-9,11-12,15-16,21H,2-5H2,1H3,(H,20,22). The molecule has 2 fully saturated rings. The van der Waals surface area contributed by atoms with Crippen molar-refractivity contribution in [3.8, 4) is 0 Å². The van der Waals surface area contributed by atoms with E-state index in [4.69, 9.17) is 0 Å². The summed E-state index contributed by atoms with van der Waals surface area (Å²) in [6, 6.07) is 2.75. The zero-order valence-corrected chi connectivity index (χ0v) is 12.6. The zero-order chi connectivity index (χ0) is 15.9. The molecule has 0 heterocycles. The van der Waals surface area contributed by atoms with Crippen LogP contribution >= 0.6 is 0 Å². The van der Waals surface area contributed by atoms with Crippen LogP contribution in [0.25, 0.3) is 0 Å². The van der Waals surface area contributed by atoms with Crippen LogP contribution in [-0.2, 0) is 4.79 Å². The van der Waals surface area contributed by atoms with Crippen LogP contribution in [0.1, 0.15) is 44.3 Å². The summed E-state index contributed by atoms with van der Waals surface area (Å²) >= 11 is 0. The fourth-order valence-electron chi connectivity index (χ4n) is 3.77. The second kappa shape index (κ2) is 5.95. The highest BCUT2D eigenvalue weighted by molar-refractivity contribution is 5.82. The fraction of sp³-hybridized carbons (Fsp3) is 0.588. The Morgan fingerprint density at radius 1 is 1.23 bits per heavy atom. The third kappa shape index (κ3) is 2.86. The highest BCUT2D eigenvalue weighted by Crippen LogP contribution is 2.55. The number of aliphatic hydroxyl groups is 1. The molecule has 5 heteroatoms. The summed E-state index contributed by atoms with van der Waals surface area (Å²) in [6.07, 6.45) is 3.56. The number of halogens is 2. The van der Waals surface area contributed by atoms with Gasteiger partial charge in [-0.15, -0.1) is 0 Å². The van der Waals surface area contributed by atoms with Crippen LogP contribution in [0.5, 0.6) is 0 Å². The number of amides is 1. The summed E-state index contributed by atoms with van der Waals surface area (Å²) in [5, 5.41) is 13.0. The topological polar surface area (TPSA) is 49.3 Å². The maximum absolute atomic E-state index is 13.2. The highest BCUT2D eigenvalue weighted by atomic mass is 19.2. The summed E-state index contributed by atoms with van der Waals surface area (Å²) in [4.78, 5) is 12.3. The van der Waals surface area contributed by atoms with E-state index in [1.807, 2.05) is 0 Å². The van der Waals surface area contributed by atoms with Crippen molar-refractivity contribution in [3.63, 3.8) is 0 Å². The van der Waals surface area contributed by atoms with Gasteiger partial charge in [0.1, 0.15) is 0 Å². The summed E-state index contributed by atoms with van der Waals surface area (Å²) in [6.45, 7) is 1.68. The molecule has 4 unspecified atom stereocenters. The first-order valence-corrected chi connectivity index (χ1v) is 7.92. The lowest BCUT2D eigenvalue weighted by Gasteiger charge is -2.21. The number of hydrogen-bond donors (Lipinski definition) is 2. The number of benzene rings is 1. The van der Waals surface area contributed by atoms with Gasteiger partial charge in [-0.2, -0.15) is 0 Å². The van der Waals surface area contributed by atoms with Crippen molar-refractivity contribution in [3.05, 3.63) is 35.4 Å². The van der Waals surface area contributed by atoms with Crippen LogP contribution in [0.15, 0.2) is 18.2 Å². The van der Waals surface area contributed by atoms with Crippen molar-refractivity contribution in [2.24, 2.45) is 17.8 Å². The molecule has 0 bridgehead atoms. The molecule has 2 aliphatic rings. The Balaban J connectivity index is 1.60. The van der Waals surface area contributed by atoms with Crippen LogP contribution < -0.4 is 5.32 Å². The predicted octanol–water partition coefficient (Wildman–Crippen LogP) is 2.94.